The maximum atomic E-state index is 12.9. The minimum atomic E-state index is -4.53. The lowest BCUT2D eigenvalue weighted by Crippen LogP contribution is -2.37. The molecule has 1 aromatic rings. The van der Waals surface area contributed by atoms with E-state index in [4.69, 9.17) is 0 Å². The molecule has 1 aliphatic heterocycles. The number of carboxylic acids is 1. The summed E-state index contributed by atoms with van der Waals surface area (Å²) in [6.45, 7) is 1.77. The fourth-order valence-electron chi connectivity index (χ4n) is 2.71. The van der Waals surface area contributed by atoms with Gasteiger partial charge in [0.25, 0.3) is 0 Å². The molecule has 1 heterocycles. The summed E-state index contributed by atoms with van der Waals surface area (Å²) >= 11 is 0. The highest BCUT2D eigenvalue weighted by Gasteiger charge is 2.42. The Labute approximate surface area is 143 Å². The molecule has 1 aliphatic rings. The first-order chi connectivity index (χ1) is 11.4. The van der Waals surface area contributed by atoms with Crippen LogP contribution in [-0.2, 0) is 11.0 Å². The Bertz CT molecular complexity index is 691. The largest absolute Gasteiger partial charge is 0.481 e. The molecule has 1 saturated heterocycles. The van der Waals surface area contributed by atoms with E-state index in [2.05, 4.69) is 5.32 Å². The van der Waals surface area contributed by atoms with Crippen molar-refractivity contribution in [1.82, 2.24) is 4.90 Å². The zero-order valence-electron chi connectivity index (χ0n) is 14.1. The van der Waals surface area contributed by atoms with Gasteiger partial charge in [-0.15, -0.1) is 0 Å². The van der Waals surface area contributed by atoms with Gasteiger partial charge in [0.05, 0.1) is 22.4 Å². The third-order valence-electron chi connectivity index (χ3n) is 4.32. The molecule has 25 heavy (non-hydrogen) atoms. The lowest BCUT2D eigenvalue weighted by molar-refractivity contribution is -0.147. The molecular formula is C16H20F3N3O3. The highest BCUT2D eigenvalue weighted by atomic mass is 19.4. The Morgan fingerprint density at radius 2 is 1.96 bits per heavy atom. The van der Waals surface area contributed by atoms with Crippen molar-refractivity contribution < 1.29 is 27.9 Å². The number of halogens is 3. The van der Waals surface area contributed by atoms with Crippen molar-refractivity contribution in [2.75, 3.05) is 37.4 Å². The SMILES string of the molecule is CN(C)c1ccc(C(F)(F)F)cc1NC(=O)N1CCC(C)(C(=O)O)C1. The van der Waals surface area contributed by atoms with Crippen LogP contribution in [0.3, 0.4) is 0 Å². The van der Waals surface area contributed by atoms with Crippen LogP contribution in [0.5, 0.6) is 0 Å². The molecule has 9 heteroatoms. The fourth-order valence-corrected chi connectivity index (χ4v) is 2.71. The van der Waals surface area contributed by atoms with Gasteiger partial charge in [-0.2, -0.15) is 13.2 Å². The monoisotopic (exact) mass is 359 g/mol. The smallest absolute Gasteiger partial charge is 0.416 e. The molecule has 0 saturated carbocycles. The second kappa shape index (κ2) is 6.45. The zero-order chi connectivity index (χ0) is 19.0. The molecule has 6 nitrogen and oxygen atoms in total. The quantitative estimate of drug-likeness (QED) is 0.870. The van der Waals surface area contributed by atoms with Gasteiger partial charge in [0.15, 0.2) is 0 Å². The molecule has 1 atom stereocenters. The van der Waals surface area contributed by atoms with Gasteiger partial charge in [-0.1, -0.05) is 0 Å². The maximum Gasteiger partial charge on any atom is 0.416 e. The second-order valence-corrected chi connectivity index (χ2v) is 6.59. The molecule has 138 valence electrons. The Kier molecular flexibility index (Phi) is 4.87. The number of amides is 2. The number of urea groups is 1. The first kappa shape index (κ1) is 18.9. The van der Waals surface area contributed by atoms with E-state index in [9.17, 15) is 27.9 Å². The summed E-state index contributed by atoms with van der Waals surface area (Å²) in [5.74, 6) is -1.00. The van der Waals surface area contributed by atoms with Crippen LogP contribution in [-0.4, -0.2) is 49.2 Å². The number of benzene rings is 1. The van der Waals surface area contributed by atoms with Crippen LogP contribution in [0.25, 0.3) is 0 Å². The summed E-state index contributed by atoms with van der Waals surface area (Å²) in [6, 6.07) is 2.48. The van der Waals surface area contributed by atoms with E-state index in [-0.39, 0.29) is 18.8 Å². The predicted molar refractivity (Wildman–Crippen MR) is 86.7 cm³/mol. The van der Waals surface area contributed by atoms with Crippen molar-refractivity contribution in [3.63, 3.8) is 0 Å². The number of carbonyl (C=O) groups excluding carboxylic acids is 1. The number of nitrogens with one attached hydrogen (secondary N) is 1. The lowest BCUT2D eigenvalue weighted by atomic mass is 9.90. The number of aliphatic carboxylic acids is 1. The number of nitrogens with zero attached hydrogens (tertiary/aromatic N) is 2. The Hall–Kier alpha value is -2.45. The third-order valence-corrected chi connectivity index (χ3v) is 4.32. The van der Waals surface area contributed by atoms with Gasteiger partial charge in [0.1, 0.15) is 0 Å². The number of alkyl halides is 3. The van der Waals surface area contributed by atoms with Gasteiger partial charge in [-0.25, -0.2) is 4.79 Å². The highest BCUT2D eigenvalue weighted by molar-refractivity contribution is 5.94. The van der Waals surface area contributed by atoms with Gasteiger partial charge in [0, 0.05) is 27.2 Å². The molecule has 0 spiro atoms. The van der Waals surface area contributed by atoms with Crippen LogP contribution in [0.2, 0.25) is 0 Å². The summed E-state index contributed by atoms with van der Waals surface area (Å²) in [5, 5.41) is 11.7. The maximum absolute atomic E-state index is 12.9. The number of carbonyl (C=O) groups is 2. The van der Waals surface area contributed by atoms with Gasteiger partial charge in [0.2, 0.25) is 0 Å². The summed E-state index contributed by atoms with van der Waals surface area (Å²) < 4.78 is 38.8. The molecule has 2 rings (SSSR count). The van der Waals surface area contributed by atoms with Crippen molar-refractivity contribution in [3.8, 4) is 0 Å². The number of hydrogen-bond acceptors (Lipinski definition) is 3. The lowest BCUT2D eigenvalue weighted by Gasteiger charge is -2.23. The van der Waals surface area contributed by atoms with Gasteiger partial charge in [-0.05, 0) is 31.5 Å². The van der Waals surface area contributed by atoms with Crippen molar-refractivity contribution in [2.45, 2.75) is 19.5 Å². The number of anilines is 2. The molecule has 2 N–H and O–H groups in total. The minimum Gasteiger partial charge on any atom is -0.481 e. The van der Waals surface area contributed by atoms with Crippen LogP contribution < -0.4 is 10.2 Å². The van der Waals surface area contributed by atoms with E-state index in [1.54, 1.807) is 19.0 Å². The van der Waals surface area contributed by atoms with Crippen molar-refractivity contribution in [2.24, 2.45) is 5.41 Å². The summed E-state index contributed by atoms with van der Waals surface area (Å²) in [6.07, 6.45) is -4.24. The normalized spacial score (nSPS) is 20.5. The molecular weight excluding hydrogens is 339 g/mol. The van der Waals surface area contributed by atoms with Crippen LogP contribution >= 0.6 is 0 Å². The van der Waals surface area contributed by atoms with Crippen LogP contribution in [0.4, 0.5) is 29.3 Å². The highest BCUT2D eigenvalue weighted by Crippen LogP contribution is 2.36. The molecule has 0 aliphatic carbocycles. The summed E-state index contributed by atoms with van der Waals surface area (Å²) in [7, 11) is 3.30. The number of carboxylic acid groups (broad SMARTS) is 1. The molecule has 0 aromatic heterocycles. The van der Waals surface area contributed by atoms with E-state index >= 15 is 0 Å². The number of likely N-dealkylation sites (tertiary alicyclic amines) is 1. The van der Waals surface area contributed by atoms with Crippen LogP contribution in [0.15, 0.2) is 18.2 Å². The van der Waals surface area contributed by atoms with Crippen molar-refractivity contribution in [3.05, 3.63) is 23.8 Å². The Balaban J connectivity index is 2.24. The predicted octanol–water partition coefficient (Wildman–Crippen LogP) is 3.10. The Morgan fingerprint density at radius 1 is 1.32 bits per heavy atom. The van der Waals surface area contributed by atoms with E-state index in [0.29, 0.717) is 12.1 Å². The molecule has 1 unspecified atom stereocenters. The van der Waals surface area contributed by atoms with Gasteiger partial charge >= 0.3 is 18.2 Å². The average Bonchev–Trinajstić information content (AvgIpc) is 2.90. The molecule has 0 radical (unpaired) electrons. The second-order valence-electron chi connectivity index (χ2n) is 6.59. The molecule has 1 aromatic carbocycles. The standard InChI is InChI=1S/C16H20F3N3O3/c1-15(13(23)24)6-7-22(9-15)14(25)20-11-8-10(16(17,18)19)4-5-12(11)21(2)3/h4-5,8H,6-7,9H2,1-3H3,(H,20,25)(H,23,24). The van der Waals surface area contributed by atoms with E-state index in [1.807, 2.05) is 0 Å². The first-order valence-corrected chi connectivity index (χ1v) is 7.62. The third kappa shape index (κ3) is 3.97. The fraction of sp³-hybridized carbons (Fsp3) is 0.500. The topological polar surface area (TPSA) is 72.9 Å². The molecule has 1 fully saturated rings. The van der Waals surface area contributed by atoms with Gasteiger partial charge < -0.3 is 20.2 Å². The summed E-state index contributed by atoms with van der Waals surface area (Å²) in [5.41, 5.74) is -1.48. The van der Waals surface area contributed by atoms with E-state index in [0.717, 1.165) is 12.1 Å². The van der Waals surface area contributed by atoms with Crippen LogP contribution in [0, 0.1) is 5.41 Å². The minimum absolute atomic E-state index is 0.00439. The Morgan fingerprint density at radius 3 is 2.44 bits per heavy atom. The van der Waals surface area contributed by atoms with Crippen molar-refractivity contribution >= 4 is 23.4 Å². The summed E-state index contributed by atoms with van der Waals surface area (Å²) in [4.78, 5) is 26.5. The number of hydrogen-bond donors (Lipinski definition) is 2. The molecule has 0 bridgehead atoms. The average molecular weight is 359 g/mol. The number of rotatable bonds is 3. The van der Waals surface area contributed by atoms with Crippen molar-refractivity contribution in [1.29, 1.82) is 0 Å². The molecule has 2 amide bonds. The first-order valence-electron chi connectivity index (χ1n) is 7.62. The van der Waals surface area contributed by atoms with Crippen LogP contribution in [0.1, 0.15) is 18.9 Å². The van der Waals surface area contributed by atoms with E-state index in [1.165, 1.54) is 17.9 Å². The van der Waals surface area contributed by atoms with Gasteiger partial charge in [-0.3, -0.25) is 4.79 Å². The van der Waals surface area contributed by atoms with E-state index < -0.39 is 29.2 Å². The zero-order valence-corrected chi connectivity index (χ0v) is 14.1.